The highest BCUT2D eigenvalue weighted by molar-refractivity contribution is 5.83. The Morgan fingerprint density at radius 2 is 1.87 bits per heavy atom. The number of aromatic amines is 1. The first-order valence-corrected chi connectivity index (χ1v) is 10.3. The van der Waals surface area contributed by atoms with Crippen LogP contribution in [0.5, 0.6) is 0 Å². The van der Waals surface area contributed by atoms with Crippen LogP contribution in [0.2, 0.25) is 0 Å². The summed E-state index contributed by atoms with van der Waals surface area (Å²) in [7, 11) is 1.77. The molecule has 4 aromatic rings. The number of nitrogens with zero attached hydrogens (tertiary/aromatic N) is 4. The molecule has 31 heavy (non-hydrogen) atoms. The van der Waals surface area contributed by atoms with E-state index < -0.39 is 0 Å². The summed E-state index contributed by atoms with van der Waals surface area (Å²) in [6, 6.07) is 14.0. The number of fused-ring (bicyclic) bond motifs is 1. The van der Waals surface area contributed by atoms with Crippen LogP contribution in [0.4, 0.5) is 17.2 Å². The average molecular weight is 416 g/mol. The number of hydrogen-bond donors (Lipinski definition) is 2. The van der Waals surface area contributed by atoms with E-state index in [0.29, 0.717) is 5.82 Å². The van der Waals surface area contributed by atoms with Crippen molar-refractivity contribution in [3.05, 3.63) is 64.7 Å². The predicted molar refractivity (Wildman–Crippen MR) is 122 cm³/mol. The zero-order valence-electron chi connectivity index (χ0n) is 17.6. The third-order valence-electron chi connectivity index (χ3n) is 5.72. The van der Waals surface area contributed by atoms with E-state index in [9.17, 15) is 4.79 Å². The summed E-state index contributed by atoms with van der Waals surface area (Å²) in [5.41, 5.74) is 6.31. The molecule has 0 amide bonds. The number of hydrogen-bond acceptors (Lipinski definition) is 6. The van der Waals surface area contributed by atoms with E-state index in [4.69, 9.17) is 4.74 Å². The van der Waals surface area contributed by atoms with Gasteiger partial charge in [-0.1, -0.05) is 6.07 Å². The third-order valence-corrected chi connectivity index (χ3v) is 5.72. The summed E-state index contributed by atoms with van der Waals surface area (Å²) in [6.45, 7) is 5.25. The molecule has 1 aliphatic rings. The van der Waals surface area contributed by atoms with Crippen molar-refractivity contribution in [3.63, 3.8) is 0 Å². The fourth-order valence-electron chi connectivity index (χ4n) is 3.93. The van der Waals surface area contributed by atoms with Gasteiger partial charge in [-0.25, -0.2) is 4.98 Å². The van der Waals surface area contributed by atoms with Gasteiger partial charge in [0.15, 0.2) is 5.82 Å². The standard InChI is InChI=1S/C23H24N6O2/c1-15-19(14-24-27-15)16-3-8-20-21(13-16)28(2)23(30)22(26-20)25-17-4-6-18(7-5-17)29-9-11-31-12-10-29/h3-8,13-14H,9-12H2,1-2H3,(H,24,27)(H,25,26). The van der Waals surface area contributed by atoms with Crippen LogP contribution in [0.25, 0.3) is 22.2 Å². The van der Waals surface area contributed by atoms with Crippen molar-refractivity contribution in [3.8, 4) is 11.1 Å². The average Bonchev–Trinajstić information content (AvgIpc) is 3.24. The van der Waals surface area contributed by atoms with Gasteiger partial charge >= 0.3 is 0 Å². The number of aromatic nitrogens is 4. The van der Waals surface area contributed by atoms with Crippen molar-refractivity contribution in [2.24, 2.45) is 7.05 Å². The van der Waals surface area contributed by atoms with Crippen molar-refractivity contribution in [2.75, 3.05) is 36.5 Å². The van der Waals surface area contributed by atoms with Gasteiger partial charge in [0.05, 0.1) is 30.4 Å². The summed E-state index contributed by atoms with van der Waals surface area (Å²) >= 11 is 0. The van der Waals surface area contributed by atoms with Gasteiger partial charge in [0.1, 0.15) is 0 Å². The molecule has 0 aliphatic carbocycles. The second kappa shape index (κ2) is 7.88. The Balaban J connectivity index is 1.44. The van der Waals surface area contributed by atoms with Gasteiger partial charge in [-0.3, -0.25) is 9.89 Å². The maximum Gasteiger partial charge on any atom is 0.293 e. The van der Waals surface area contributed by atoms with E-state index in [-0.39, 0.29) is 5.56 Å². The molecule has 0 spiro atoms. The number of anilines is 3. The number of morpholine rings is 1. The lowest BCUT2D eigenvalue weighted by molar-refractivity contribution is 0.122. The Labute approximate surface area is 179 Å². The monoisotopic (exact) mass is 416 g/mol. The highest BCUT2D eigenvalue weighted by Gasteiger charge is 2.13. The minimum absolute atomic E-state index is 0.175. The number of rotatable bonds is 4. The molecule has 8 heteroatoms. The maximum atomic E-state index is 13.0. The predicted octanol–water partition coefficient (Wildman–Crippen LogP) is 3.21. The molecule has 0 atom stereocenters. The van der Waals surface area contributed by atoms with Gasteiger partial charge in [-0.2, -0.15) is 5.10 Å². The van der Waals surface area contributed by atoms with Crippen molar-refractivity contribution in [1.82, 2.24) is 19.7 Å². The number of ether oxygens (including phenoxy) is 1. The number of benzene rings is 2. The van der Waals surface area contributed by atoms with Crippen LogP contribution >= 0.6 is 0 Å². The van der Waals surface area contributed by atoms with Crippen LogP contribution in [0.3, 0.4) is 0 Å². The van der Waals surface area contributed by atoms with Crippen LogP contribution in [-0.4, -0.2) is 46.1 Å². The SMILES string of the molecule is Cc1[nH]ncc1-c1ccc2nc(Nc3ccc(N4CCOCC4)cc3)c(=O)n(C)c2c1. The first-order valence-electron chi connectivity index (χ1n) is 10.3. The Hall–Kier alpha value is -3.65. The van der Waals surface area contributed by atoms with Gasteiger partial charge in [0.2, 0.25) is 0 Å². The molecule has 1 fully saturated rings. The van der Waals surface area contributed by atoms with Gasteiger partial charge in [0.25, 0.3) is 5.56 Å². The summed E-state index contributed by atoms with van der Waals surface area (Å²) in [6.07, 6.45) is 1.79. The zero-order valence-corrected chi connectivity index (χ0v) is 17.6. The Morgan fingerprint density at radius 3 is 2.58 bits per heavy atom. The fourth-order valence-corrected chi connectivity index (χ4v) is 3.93. The lowest BCUT2D eigenvalue weighted by atomic mass is 10.1. The lowest BCUT2D eigenvalue weighted by Gasteiger charge is -2.28. The molecule has 8 nitrogen and oxygen atoms in total. The molecule has 5 rings (SSSR count). The molecule has 2 aromatic heterocycles. The minimum Gasteiger partial charge on any atom is -0.378 e. The van der Waals surface area contributed by atoms with E-state index in [2.05, 4.69) is 37.5 Å². The van der Waals surface area contributed by atoms with Crippen LogP contribution in [-0.2, 0) is 11.8 Å². The fraction of sp³-hybridized carbons (Fsp3) is 0.261. The van der Waals surface area contributed by atoms with Gasteiger partial charge in [-0.05, 0) is 48.9 Å². The summed E-state index contributed by atoms with van der Waals surface area (Å²) in [4.78, 5) is 19.8. The second-order valence-corrected chi connectivity index (χ2v) is 7.71. The number of H-pyrrole nitrogens is 1. The van der Waals surface area contributed by atoms with Gasteiger partial charge < -0.3 is 19.5 Å². The van der Waals surface area contributed by atoms with E-state index in [1.165, 1.54) is 0 Å². The molecule has 3 heterocycles. The molecule has 0 bridgehead atoms. The molecular formula is C23H24N6O2. The molecule has 2 aromatic carbocycles. The topological polar surface area (TPSA) is 88.1 Å². The quantitative estimate of drug-likeness (QED) is 0.531. The summed E-state index contributed by atoms with van der Waals surface area (Å²) in [5, 5.41) is 10.2. The molecule has 0 unspecified atom stereocenters. The van der Waals surface area contributed by atoms with Crippen LogP contribution in [0, 0.1) is 6.92 Å². The van der Waals surface area contributed by atoms with E-state index in [0.717, 1.165) is 65.5 Å². The molecule has 158 valence electrons. The first kappa shape index (κ1) is 19.3. The minimum atomic E-state index is -0.175. The van der Waals surface area contributed by atoms with E-state index in [1.807, 2.05) is 37.3 Å². The lowest BCUT2D eigenvalue weighted by Crippen LogP contribution is -2.36. The highest BCUT2D eigenvalue weighted by Crippen LogP contribution is 2.26. The molecule has 1 saturated heterocycles. The van der Waals surface area contributed by atoms with E-state index in [1.54, 1.807) is 17.8 Å². The Morgan fingerprint density at radius 1 is 1.10 bits per heavy atom. The first-order chi connectivity index (χ1) is 15.1. The number of aryl methyl sites for hydroxylation is 2. The maximum absolute atomic E-state index is 13.0. The van der Waals surface area contributed by atoms with Crippen molar-refractivity contribution in [2.45, 2.75) is 6.92 Å². The summed E-state index contributed by atoms with van der Waals surface area (Å²) < 4.78 is 7.04. The second-order valence-electron chi connectivity index (χ2n) is 7.71. The van der Waals surface area contributed by atoms with Crippen LogP contribution < -0.4 is 15.8 Å². The van der Waals surface area contributed by atoms with Crippen LogP contribution in [0.1, 0.15) is 5.69 Å². The van der Waals surface area contributed by atoms with Crippen molar-refractivity contribution >= 4 is 28.2 Å². The largest absolute Gasteiger partial charge is 0.378 e. The Kier molecular flexibility index (Phi) is 4.91. The zero-order chi connectivity index (χ0) is 21.4. The molecule has 0 saturated carbocycles. The Bertz CT molecular complexity index is 1290. The van der Waals surface area contributed by atoms with Crippen molar-refractivity contribution < 1.29 is 4.74 Å². The third kappa shape index (κ3) is 3.66. The molecule has 1 aliphatic heterocycles. The molecule has 0 radical (unpaired) electrons. The summed E-state index contributed by atoms with van der Waals surface area (Å²) in [5.74, 6) is 0.307. The van der Waals surface area contributed by atoms with E-state index >= 15 is 0 Å². The smallest absolute Gasteiger partial charge is 0.293 e. The molecule has 2 N–H and O–H groups in total. The molecular weight excluding hydrogens is 392 g/mol. The van der Waals surface area contributed by atoms with Gasteiger partial charge in [0, 0.05) is 42.8 Å². The van der Waals surface area contributed by atoms with Crippen molar-refractivity contribution in [1.29, 1.82) is 0 Å². The highest BCUT2D eigenvalue weighted by atomic mass is 16.5. The number of nitrogens with one attached hydrogen (secondary N) is 2. The van der Waals surface area contributed by atoms with Gasteiger partial charge in [-0.15, -0.1) is 0 Å². The normalized spacial score (nSPS) is 14.2. The van der Waals surface area contributed by atoms with Crippen LogP contribution in [0.15, 0.2) is 53.5 Å².